The molecule has 1 N–H and O–H groups in total. The van der Waals surface area contributed by atoms with E-state index >= 15 is 0 Å². The fraction of sp³-hybridized carbons (Fsp3) is 1.00. The quantitative estimate of drug-likeness (QED) is 0.652. The van der Waals surface area contributed by atoms with Gasteiger partial charge in [0.1, 0.15) is 0 Å². The lowest BCUT2D eigenvalue weighted by Crippen LogP contribution is -2.59. The highest BCUT2D eigenvalue weighted by molar-refractivity contribution is 5.12. The summed E-state index contributed by atoms with van der Waals surface area (Å²) in [5.41, 5.74) is 1.71. The van der Waals surface area contributed by atoms with Crippen LogP contribution < -0.4 is 0 Å². The van der Waals surface area contributed by atoms with Gasteiger partial charge in [-0.1, -0.05) is 27.2 Å². The molecule has 0 aromatic rings. The molecular weight excluding hydrogens is 256 g/mol. The lowest BCUT2D eigenvalue weighted by molar-refractivity contribution is -0.180. The first-order valence-electron chi connectivity index (χ1n) is 9.57. The van der Waals surface area contributed by atoms with Gasteiger partial charge < -0.3 is 5.11 Å². The molecule has 4 aliphatic carbocycles. The normalized spacial score (nSPS) is 60.0. The maximum Gasteiger partial charge on any atom is 0.0543 e. The number of rotatable bonds is 0. The fourth-order valence-electron chi connectivity index (χ4n) is 7.61. The molecule has 1 heteroatoms. The minimum absolute atomic E-state index is 0.0106. The van der Waals surface area contributed by atoms with Crippen molar-refractivity contribution in [3.8, 4) is 0 Å². The standard InChI is InChI=1S/C20H34O/c1-18-9-4-5-16(18)17-7-6-14-13-15(21)8-10-19(14,2)20(17,3)12-11-18/h14-17,21H,4-13H2,1-3H3/t14-,15-,16-,17-,18-,19-,20?/m0/s1. The van der Waals surface area contributed by atoms with E-state index in [2.05, 4.69) is 20.8 Å². The van der Waals surface area contributed by atoms with E-state index in [9.17, 15) is 5.11 Å². The first kappa shape index (κ1) is 14.5. The molecule has 0 spiro atoms. The summed E-state index contributed by atoms with van der Waals surface area (Å²) in [5, 5.41) is 10.1. The Hall–Kier alpha value is -0.0400. The van der Waals surface area contributed by atoms with Crippen LogP contribution in [-0.2, 0) is 0 Å². The van der Waals surface area contributed by atoms with Gasteiger partial charge in [-0.15, -0.1) is 0 Å². The second kappa shape index (κ2) is 4.49. The average molecular weight is 290 g/mol. The molecule has 7 atom stereocenters. The Balaban J connectivity index is 1.70. The third kappa shape index (κ3) is 1.79. The Morgan fingerprint density at radius 3 is 2.38 bits per heavy atom. The summed E-state index contributed by atoms with van der Waals surface area (Å²) in [6, 6.07) is 0. The van der Waals surface area contributed by atoms with Crippen molar-refractivity contribution in [2.45, 2.75) is 91.1 Å². The highest BCUT2D eigenvalue weighted by Crippen LogP contribution is 2.71. The smallest absolute Gasteiger partial charge is 0.0543 e. The van der Waals surface area contributed by atoms with Gasteiger partial charge >= 0.3 is 0 Å². The van der Waals surface area contributed by atoms with Crippen molar-refractivity contribution in [1.82, 2.24) is 0 Å². The topological polar surface area (TPSA) is 20.2 Å². The number of aliphatic hydroxyl groups is 1. The third-order valence-corrected chi connectivity index (χ3v) is 9.26. The first-order chi connectivity index (χ1) is 9.89. The molecule has 0 aromatic heterocycles. The second-order valence-electron chi connectivity index (χ2n) is 9.80. The van der Waals surface area contributed by atoms with Crippen molar-refractivity contribution >= 4 is 0 Å². The van der Waals surface area contributed by atoms with Crippen LogP contribution in [0.1, 0.15) is 85.0 Å². The van der Waals surface area contributed by atoms with Crippen LogP contribution in [0.15, 0.2) is 0 Å². The SMILES string of the molecule is CC12CC[C@]3(C)CCC[C@H]3[C@@H]1CC[C@H]1C[C@@H](O)CC[C@@]12C. The molecule has 120 valence electrons. The van der Waals surface area contributed by atoms with Crippen LogP contribution in [0.4, 0.5) is 0 Å². The molecule has 21 heavy (non-hydrogen) atoms. The van der Waals surface area contributed by atoms with Gasteiger partial charge in [0.2, 0.25) is 0 Å². The molecule has 0 saturated heterocycles. The summed E-state index contributed by atoms with van der Waals surface area (Å²) in [6.07, 6.45) is 13.6. The molecule has 4 aliphatic rings. The van der Waals surface area contributed by atoms with E-state index in [4.69, 9.17) is 0 Å². The summed E-state index contributed by atoms with van der Waals surface area (Å²) >= 11 is 0. The lowest BCUT2D eigenvalue weighted by Gasteiger charge is -2.66. The molecule has 0 aromatic carbocycles. The van der Waals surface area contributed by atoms with Crippen LogP contribution in [0.3, 0.4) is 0 Å². The average Bonchev–Trinajstić information content (AvgIpc) is 2.83. The summed E-state index contributed by atoms with van der Waals surface area (Å²) in [7, 11) is 0. The predicted molar refractivity (Wildman–Crippen MR) is 87.0 cm³/mol. The van der Waals surface area contributed by atoms with Crippen molar-refractivity contribution in [3.63, 3.8) is 0 Å². The summed E-state index contributed by atoms with van der Waals surface area (Å²) in [6.45, 7) is 7.86. The molecule has 4 fully saturated rings. The van der Waals surface area contributed by atoms with Gasteiger partial charge in [0.15, 0.2) is 0 Å². The molecule has 1 unspecified atom stereocenters. The van der Waals surface area contributed by atoms with Crippen LogP contribution in [0.2, 0.25) is 0 Å². The molecule has 4 saturated carbocycles. The Morgan fingerprint density at radius 2 is 1.57 bits per heavy atom. The molecular formula is C20H34O. The number of aliphatic hydroxyl groups excluding tert-OH is 1. The van der Waals surface area contributed by atoms with E-state index in [1.165, 1.54) is 51.4 Å². The van der Waals surface area contributed by atoms with Crippen molar-refractivity contribution in [2.24, 2.45) is 34.0 Å². The zero-order valence-corrected chi connectivity index (χ0v) is 14.3. The van der Waals surface area contributed by atoms with Crippen LogP contribution >= 0.6 is 0 Å². The number of hydrogen-bond acceptors (Lipinski definition) is 1. The summed E-state index contributed by atoms with van der Waals surface area (Å²) in [5.74, 6) is 2.75. The monoisotopic (exact) mass is 290 g/mol. The fourth-order valence-corrected chi connectivity index (χ4v) is 7.61. The Kier molecular flexibility index (Phi) is 3.11. The van der Waals surface area contributed by atoms with E-state index in [1.54, 1.807) is 0 Å². The van der Waals surface area contributed by atoms with Crippen molar-refractivity contribution in [1.29, 1.82) is 0 Å². The highest BCUT2D eigenvalue weighted by atomic mass is 16.3. The number of hydrogen-bond donors (Lipinski definition) is 1. The Bertz CT molecular complexity index is 432. The van der Waals surface area contributed by atoms with Crippen molar-refractivity contribution in [3.05, 3.63) is 0 Å². The Morgan fingerprint density at radius 1 is 0.762 bits per heavy atom. The largest absolute Gasteiger partial charge is 0.393 e. The molecule has 0 aliphatic heterocycles. The van der Waals surface area contributed by atoms with E-state index in [-0.39, 0.29) is 6.10 Å². The van der Waals surface area contributed by atoms with Gasteiger partial charge in [-0.2, -0.15) is 0 Å². The van der Waals surface area contributed by atoms with Crippen LogP contribution in [0.5, 0.6) is 0 Å². The van der Waals surface area contributed by atoms with Crippen molar-refractivity contribution < 1.29 is 5.11 Å². The summed E-state index contributed by atoms with van der Waals surface area (Å²) in [4.78, 5) is 0. The van der Waals surface area contributed by atoms with Gasteiger partial charge in [0.05, 0.1) is 6.10 Å². The highest BCUT2D eigenvalue weighted by Gasteiger charge is 2.63. The lowest BCUT2D eigenvalue weighted by atomic mass is 9.39. The van der Waals surface area contributed by atoms with E-state index in [0.717, 1.165) is 30.6 Å². The van der Waals surface area contributed by atoms with E-state index in [0.29, 0.717) is 16.2 Å². The molecule has 0 amide bonds. The van der Waals surface area contributed by atoms with E-state index in [1.807, 2.05) is 0 Å². The molecule has 4 rings (SSSR count). The van der Waals surface area contributed by atoms with Crippen LogP contribution in [0, 0.1) is 34.0 Å². The molecule has 0 bridgehead atoms. The van der Waals surface area contributed by atoms with Crippen LogP contribution in [-0.4, -0.2) is 11.2 Å². The van der Waals surface area contributed by atoms with E-state index < -0.39 is 0 Å². The van der Waals surface area contributed by atoms with Gasteiger partial charge in [-0.05, 0) is 91.8 Å². The van der Waals surface area contributed by atoms with Crippen molar-refractivity contribution in [2.75, 3.05) is 0 Å². The summed E-state index contributed by atoms with van der Waals surface area (Å²) < 4.78 is 0. The molecule has 0 radical (unpaired) electrons. The maximum atomic E-state index is 10.1. The molecule has 0 heterocycles. The maximum absolute atomic E-state index is 10.1. The first-order valence-corrected chi connectivity index (χ1v) is 9.57. The minimum Gasteiger partial charge on any atom is -0.393 e. The van der Waals surface area contributed by atoms with Gasteiger partial charge in [-0.25, -0.2) is 0 Å². The zero-order valence-electron chi connectivity index (χ0n) is 14.3. The van der Waals surface area contributed by atoms with Gasteiger partial charge in [-0.3, -0.25) is 0 Å². The minimum atomic E-state index is -0.0106. The molecule has 1 nitrogen and oxygen atoms in total. The van der Waals surface area contributed by atoms with Crippen LogP contribution in [0.25, 0.3) is 0 Å². The van der Waals surface area contributed by atoms with Gasteiger partial charge in [0, 0.05) is 0 Å². The zero-order chi connectivity index (χ0) is 14.9. The Labute approximate surface area is 130 Å². The third-order valence-electron chi connectivity index (χ3n) is 9.26. The second-order valence-corrected chi connectivity index (χ2v) is 9.80. The van der Waals surface area contributed by atoms with Gasteiger partial charge in [0.25, 0.3) is 0 Å². The number of fused-ring (bicyclic) bond motifs is 5. The predicted octanol–water partition coefficient (Wildman–Crippen LogP) is 5.17.